The standard InChI is InChI=1S/C15H23N3O2/c1-10-14(11(2)20-17-10)5-6-15(19)18-12-3-4-13(18)9-16-8-7-12/h12-13,16H,3-9H2,1-2H3. The first-order valence-electron chi connectivity index (χ1n) is 7.60. The molecule has 0 saturated carbocycles. The van der Waals surface area contributed by atoms with Crippen LogP contribution in [-0.2, 0) is 11.2 Å². The van der Waals surface area contributed by atoms with Crippen LogP contribution in [0.4, 0.5) is 0 Å². The van der Waals surface area contributed by atoms with Gasteiger partial charge in [-0.15, -0.1) is 0 Å². The van der Waals surface area contributed by atoms with E-state index in [0.717, 1.165) is 49.4 Å². The van der Waals surface area contributed by atoms with E-state index in [-0.39, 0.29) is 0 Å². The van der Waals surface area contributed by atoms with Gasteiger partial charge in [-0.1, -0.05) is 5.16 Å². The molecule has 3 rings (SSSR count). The lowest BCUT2D eigenvalue weighted by atomic mass is 10.1. The molecule has 20 heavy (non-hydrogen) atoms. The normalized spacial score (nSPS) is 25.8. The SMILES string of the molecule is Cc1noc(C)c1CCC(=O)N1C2CCNCC1CC2. The van der Waals surface area contributed by atoms with Crippen molar-refractivity contribution in [3.63, 3.8) is 0 Å². The van der Waals surface area contributed by atoms with Gasteiger partial charge in [0.25, 0.3) is 0 Å². The quantitative estimate of drug-likeness (QED) is 0.911. The summed E-state index contributed by atoms with van der Waals surface area (Å²) in [5, 5.41) is 7.39. The van der Waals surface area contributed by atoms with Gasteiger partial charge < -0.3 is 14.7 Å². The maximum Gasteiger partial charge on any atom is 0.223 e. The molecular weight excluding hydrogens is 254 g/mol. The summed E-state index contributed by atoms with van der Waals surface area (Å²) >= 11 is 0. The van der Waals surface area contributed by atoms with E-state index >= 15 is 0 Å². The molecule has 5 heteroatoms. The minimum absolute atomic E-state index is 0.293. The predicted octanol–water partition coefficient (Wildman–Crippen LogP) is 1.58. The summed E-state index contributed by atoms with van der Waals surface area (Å²) in [4.78, 5) is 14.7. The lowest BCUT2D eigenvalue weighted by Crippen LogP contribution is -2.42. The van der Waals surface area contributed by atoms with Gasteiger partial charge in [-0.25, -0.2) is 0 Å². The molecule has 2 saturated heterocycles. The summed E-state index contributed by atoms with van der Waals surface area (Å²) in [6.07, 6.45) is 4.71. The van der Waals surface area contributed by atoms with Crippen LogP contribution in [-0.4, -0.2) is 41.1 Å². The van der Waals surface area contributed by atoms with Gasteiger partial charge in [-0.05, 0) is 46.1 Å². The van der Waals surface area contributed by atoms with Crippen LogP contribution < -0.4 is 5.32 Å². The van der Waals surface area contributed by atoms with Crippen molar-refractivity contribution in [2.24, 2.45) is 0 Å². The second-order valence-electron chi connectivity index (χ2n) is 5.98. The highest BCUT2D eigenvalue weighted by molar-refractivity contribution is 5.77. The molecule has 2 unspecified atom stereocenters. The van der Waals surface area contributed by atoms with Gasteiger partial charge in [-0.3, -0.25) is 4.79 Å². The summed E-state index contributed by atoms with van der Waals surface area (Å²) in [5.74, 6) is 1.14. The van der Waals surface area contributed by atoms with Crippen molar-refractivity contribution in [3.05, 3.63) is 17.0 Å². The maximum atomic E-state index is 12.6. The highest BCUT2D eigenvalue weighted by Crippen LogP contribution is 2.29. The van der Waals surface area contributed by atoms with Gasteiger partial charge in [0.15, 0.2) is 0 Å². The number of rotatable bonds is 3. The van der Waals surface area contributed by atoms with Crippen LogP contribution in [0.5, 0.6) is 0 Å². The summed E-state index contributed by atoms with van der Waals surface area (Å²) in [5.41, 5.74) is 2.01. The Hall–Kier alpha value is -1.36. The van der Waals surface area contributed by atoms with Crippen molar-refractivity contribution < 1.29 is 9.32 Å². The summed E-state index contributed by atoms with van der Waals surface area (Å²) in [6.45, 7) is 5.84. The zero-order valence-corrected chi connectivity index (χ0v) is 12.3. The van der Waals surface area contributed by atoms with Crippen molar-refractivity contribution in [1.82, 2.24) is 15.4 Å². The van der Waals surface area contributed by atoms with Crippen LogP contribution in [0.3, 0.4) is 0 Å². The Balaban J connectivity index is 1.64. The van der Waals surface area contributed by atoms with Crippen LogP contribution in [0.1, 0.15) is 42.7 Å². The first-order chi connectivity index (χ1) is 9.66. The molecule has 1 N–H and O–H groups in total. The number of fused-ring (bicyclic) bond motifs is 2. The van der Waals surface area contributed by atoms with E-state index in [4.69, 9.17) is 4.52 Å². The molecule has 0 aromatic carbocycles. The molecule has 2 fully saturated rings. The van der Waals surface area contributed by atoms with Crippen LogP contribution >= 0.6 is 0 Å². The van der Waals surface area contributed by atoms with Crippen molar-refractivity contribution >= 4 is 5.91 Å². The average molecular weight is 277 g/mol. The summed E-state index contributed by atoms with van der Waals surface area (Å²) < 4.78 is 5.16. The third-order valence-corrected chi connectivity index (χ3v) is 4.71. The third-order valence-electron chi connectivity index (χ3n) is 4.71. The molecule has 2 bridgehead atoms. The Kier molecular flexibility index (Phi) is 3.78. The number of amides is 1. The lowest BCUT2D eigenvalue weighted by Gasteiger charge is -2.28. The smallest absolute Gasteiger partial charge is 0.223 e. The van der Waals surface area contributed by atoms with Gasteiger partial charge in [0.05, 0.1) is 5.69 Å². The van der Waals surface area contributed by atoms with Crippen molar-refractivity contribution in [1.29, 1.82) is 0 Å². The van der Waals surface area contributed by atoms with E-state index in [1.165, 1.54) is 6.42 Å². The van der Waals surface area contributed by atoms with Crippen LogP contribution in [0.15, 0.2) is 4.52 Å². The maximum absolute atomic E-state index is 12.6. The molecule has 1 aromatic rings. The monoisotopic (exact) mass is 277 g/mol. The van der Waals surface area contributed by atoms with Crippen LogP contribution in [0.2, 0.25) is 0 Å². The van der Waals surface area contributed by atoms with Crippen molar-refractivity contribution in [2.45, 2.75) is 58.0 Å². The number of aromatic nitrogens is 1. The van der Waals surface area contributed by atoms with Gasteiger partial charge in [-0.2, -0.15) is 0 Å². The van der Waals surface area contributed by atoms with E-state index in [2.05, 4.69) is 15.4 Å². The van der Waals surface area contributed by atoms with Crippen LogP contribution in [0.25, 0.3) is 0 Å². The van der Waals surface area contributed by atoms with Gasteiger partial charge in [0.2, 0.25) is 5.91 Å². The molecule has 2 aliphatic heterocycles. The van der Waals surface area contributed by atoms with E-state index in [1.807, 2.05) is 13.8 Å². The fourth-order valence-electron chi connectivity index (χ4n) is 3.61. The fraction of sp³-hybridized carbons (Fsp3) is 0.733. The number of hydrogen-bond acceptors (Lipinski definition) is 4. The minimum atomic E-state index is 0.293. The number of hydrogen-bond donors (Lipinski definition) is 1. The number of nitrogens with zero attached hydrogens (tertiary/aromatic N) is 2. The first-order valence-corrected chi connectivity index (χ1v) is 7.60. The average Bonchev–Trinajstić information content (AvgIpc) is 2.86. The molecule has 0 spiro atoms. The second-order valence-corrected chi connectivity index (χ2v) is 5.98. The molecule has 0 aliphatic carbocycles. The first kappa shape index (κ1) is 13.6. The molecule has 3 heterocycles. The van der Waals surface area contributed by atoms with Crippen LogP contribution in [0, 0.1) is 13.8 Å². The Morgan fingerprint density at radius 1 is 1.35 bits per heavy atom. The molecule has 1 amide bonds. The Morgan fingerprint density at radius 3 is 2.90 bits per heavy atom. The zero-order valence-electron chi connectivity index (χ0n) is 12.3. The van der Waals surface area contributed by atoms with Gasteiger partial charge in [0.1, 0.15) is 5.76 Å². The van der Waals surface area contributed by atoms with Gasteiger partial charge in [0, 0.05) is 30.6 Å². The number of carbonyl (C=O) groups is 1. The van der Waals surface area contributed by atoms with E-state index in [1.54, 1.807) is 0 Å². The number of aryl methyl sites for hydroxylation is 2. The summed E-state index contributed by atoms with van der Waals surface area (Å²) in [6, 6.07) is 0.854. The highest BCUT2D eigenvalue weighted by atomic mass is 16.5. The molecule has 2 aliphatic rings. The Labute approximate surface area is 119 Å². The Bertz CT molecular complexity index is 464. The fourth-order valence-corrected chi connectivity index (χ4v) is 3.61. The largest absolute Gasteiger partial charge is 0.361 e. The lowest BCUT2D eigenvalue weighted by molar-refractivity contribution is -0.133. The molecule has 5 nitrogen and oxygen atoms in total. The molecule has 1 aromatic heterocycles. The Morgan fingerprint density at radius 2 is 2.15 bits per heavy atom. The minimum Gasteiger partial charge on any atom is -0.361 e. The number of nitrogens with one attached hydrogen (secondary N) is 1. The van der Waals surface area contributed by atoms with E-state index < -0.39 is 0 Å². The third kappa shape index (κ3) is 2.46. The molecule has 2 atom stereocenters. The second kappa shape index (κ2) is 5.56. The predicted molar refractivity (Wildman–Crippen MR) is 75.4 cm³/mol. The molecule has 110 valence electrons. The van der Waals surface area contributed by atoms with Gasteiger partial charge >= 0.3 is 0 Å². The van der Waals surface area contributed by atoms with E-state index in [0.29, 0.717) is 24.4 Å². The topological polar surface area (TPSA) is 58.4 Å². The highest BCUT2D eigenvalue weighted by Gasteiger charge is 2.37. The summed E-state index contributed by atoms with van der Waals surface area (Å²) in [7, 11) is 0. The molecule has 0 radical (unpaired) electrons. The zero-order chi connectivity index (χ0) is 14.1. The number of carbonyl (C=O) groups excluding carboxylic acids is 1. The van der Waals surface area contributed by atoms with E-state index in [9.17, 15) is 4.79 Å². The van der Waals surface area contributed by atoms with Crippen molar-refractivity contribution in [2.75, 3.05) is 13.1 Å². The molecular formula is C15H23N3O2. The van der Waals surface area contributed by atoms with Crippen molar-refractivity contribution in [3.8, 4) is 0 Å².